The number of hydrogen-bond acceptors (Lipinski definition) is 5. The first-order chi connectivity index (χ1) is 11.7. The number of aliphatic imine (C=N–C) groups is 1. The zero-order valence-electron chi connectivity index (χ0n) is 12.6. The smallest absolute Gasteiger partial charge is 0.267 e. The Hall–Kier alpha value is -2.44. The van der Waals surface area contributed by atoms with Crippen molar-refractivity contribution in [3.05, 3.63) is 71.1 Å². The first kappa shape index (κ1) is 16.4. The normalized spacial score (nSPS) is 17.7. The zero-order valence-corrected chi connectivity index (χ0v) is 14.2. The van der Waals surface area contributed by atoms with Crippen LogP contribution in [0.5, 0.6) is 0 Å². The lowest BCUT2D eigenvalue weighted by molar-refractivity contribution is -0.121. The number of rotatable bonds is 4. The van der Waals surface area contributed by atoms with Crippen LogP contribution in [0.25, 0.3) is 6.08 Å². The highest BCUT2D eigenvalue weighted by molar-refractivity contribution is 8.18. The van der Waals surface area contributed by atoms with Crippen LogP contribution in [0.1, 0.15) is 5.56 Å². The van der Waals surface area contributed by atoms with Gasteiger partial charge in [0.05, 0.1) is 15.6 Å². The molecule has 1 amide bonds. The Morgan fingerprint density at radius 3 is 2.71 bits per heavy atom. The summed E-state index contributed by atoms with van der Waals surface area (Å²) in [5.41, 5.74) is 1.48. The molecule has 1 saturated heterocycles. The van der Waals surface area contributed by atoms with Crippen LogP contribution in [-0.4, -0.2) is 32.5 Å². The predicted octanol–water partition coefficient (Wildman–Crippen LogP) is 3.92. The maximum absolute atomic E-state index is 12.6. The molecular weight excluding hydrogens is 344 g/mol. The van der Waals surface area contributed by atoms with Crippen LogP contribution in [0.4, 0.5) is 5.69 Å². The van der Waals surface area contributed by atoms with Crippen molar-refractivity contribution in [2.75, 3.05) is 6.54 Å². The quantitative estimate of drug-likeness (QED) is 0.615. The molecule has 0 unspecified atom stereocenters. The first-order valence-corrected chi connectivity index (χ1v) is 8.29. The summed E-state index contributed by atoms with van der Waals surface area (Å²) in [6, 6.07) is 5.39. The number of pyridine rings is 2. The molecule has 0 saturated carbocycles. The number of amidine groups is 1. The fraction of sp³-hybridized carbons (Fsp3) is 0.0588. The number of amides is 1. The summed E-state index contributed by atoms with van der Waals surface area (Å²) in [4.78, 5) is 27.2. The predicted molar refractivity (Wildman–Crippen MR) is 98.1 cm³/mol. The van der Waals surface area contributed by atoms with Crippen LogP contribution in [0.3, 0.4) is 0 Å². The van der Waals surface area contributed by atoms with Gasteiger partial charge in [0, 0.05) is 31.3 Å². The lowest BCUT2D eigenvalue weighted by atomic mass is 10.2. The van der Waals surface area contributed by atoms with Crippen LogP contribution in [0, 0.1) is 0 Å². The molecule has 0 N–H and O–H groups in total. The average molecular weight is 357 g/mol. The molecule has 0 aliphatic carbocycles. The highest BCUT2D eigenvalue weighted by Crippen LogP contribution is 2.35. The van der Waals surface area contributed by atoms with E-state index in [0.717, 1.165) is 5.56 Å². The largest absolute Gasteiger partial charge is 0.283 e. The van der Waals surface area contributed by atoms with Crippen LogP contribution in [0.15, 0.2) is 65.5 Å². The van der Waals surface area contributed by atoms with E-state index in [1.807, 2.05) is 18.2 Å². The van der Waals surface area contributed by atoms with Crippen molar-refractivity contribution in [2.24, 2.45) is 4.99 Å². The van der Waals surface area contributed by atoms with Crippen molar-refractivity contribution in [2.45, 2.75) is 0 Å². The molecule has 3 heterocycles. The van der Waals surface area contributed by atoms with E-state index in [1.165, 1.54) is 18.0 Å². The van der Waals surface area contributed by atoms with E-state index in [1.54, 1.807) is 35.6 Å². The fourth-order valence-electron chi connectivity index (χ4n) is 2.05. The van der Waals surface area contributed by atoms with Gasteiger partial charge in [0.15, 0.2) is 5.17 Å². The number of nitrogens with zero attached hydrogens (tertiary/aromatic N) is 4. The van der Waals surface area contributed by atoms with Gasteiger partial charge in [-0.1, -0.05) is 17.7 Å². The van der Waals surface area contributed by atoms with Crippen molar-refractivity contribution in [3.8, 4) is 0 Å². The lowest BCUT2D eigenvalue weighted by Crippen LogP contribution is -2.29. The number of carbonyl (C=O) groups excluding carboxylic acids is 1. The second-order valence-electron chi connectivity index (χ2n) is 4.82. The van der Waals surface area contributed by atoms with E-state index in [-0.39, 0.29) is 5.91 Å². The summed E-state index contributed by atoms with van der Waals surface area (Å²) in [5.74, 6) is -0.111. The summed E-state index contributed by atoms with van der Waals surface area (Å²) >= 11 is 7.41. The molecule has 1 fully saturated rings. The lowest BCUT2D eigenvalue weighted by Gasteiger charge is -2.12. The molecule has 3 rings (SSSR count). The number of hydrogen-bond donors (Lipinski definition) is 0. The van der Waals surface area contributed by atoms with Gasteiger partial charge in [-0.3, -0.25) is 19.7 Å². The molecule has 0 aromatic carbocycles. The summed E-state index contributed by atoms with van der Waals surface area (Å²) in [5, 5.41) is 0.997. The van der Waals surface area contributed by atoms with Crippen LogP contribution in [0.2, 0.25) is 5.02 Å². The van der Waals surface area contributed by atoms with Gasteiger partial charge in [0.1, 0.15) is 0 Å². The third kappa shape index (κ3) is 3.55. The molecule has 2 aromatic heterocycles. The Balaban J connectivity index is 1.97. The van der Waals surface area contributed by atoms with Gasteiger partial charge in [0.2, 0.25) is 0 Å². The summed E-state index contributed by atoms with van der Waals surface area (Å²) in [7, 11) is 0. The third-order valence-electron chi connectivity index (χ3n) is 3.17. The van der Waals surface area contributed by atoms with Gasteiger partial charge in [0.25, 0.3) is 5.91 Å². The minimum Gasteiger partial charge on any atom is -0.283 e. The molecule has 2 aromatic rings. The molecular formula is C17H13ClN4OS. The number of halogens is 1. The maximum atomic E-state index is 12.6. The average Bonchev–Trinajstić information content (AvgIpc) is 2.87. The van der Waals surface area contributed by atoms with Crippen molar-refractivity contribution < 1.29 is 4.79 Å². The Morgan fingerprint density at radius 2 is 2.00 bits per heavy atom. The summed E-state index contributed by atoms with van der Waals surface area (Å²) in [6.07, 6.45) is 9.98. The van der Waals surface area contributed by atoms with Crippen LogP contribution >= 0.6 is 23.4 Å². The SMILES string of the molecule is C=CCN1C(=O)/C(=C/c2ccncc2)SC1=Nc1ccncc1Cl. The molecule has 24 heavy (non-hydrogen) atoms. The van der Waals surface area contributed by atoms with Crippen LogP contribution in [-0.2, 0) is 4.79 Å². The number of thioether (sulfide) groups is 1. The van der Waals surface area contributed by atoms with Gasteiger partial charge in [-0.05, 0) is 41.6 Å². The van der Waals surface area contributed by atoms with Crippen molar-refractivity contribution in [1.29, 1.82) is 0 Å². The highest BCUT2D eigenvalue weighted by Gasteiger charge is 2.32. The zero-order chi connectivity index (χ0) is 16.9. The topological polar surface area (TPSA) is 58.5 Å². The Kier molecular flexibility index (Phi) is 5.08. The summed E-state index contributed by atoms with van der Waals surface area (Å²) in [6.45, 7) is 4.08. The molecule has 1 aliphatic heterocycles. The minimum atomic E-state index is -0.111. The highest BCUT2D eigenvalue weighted by atomic mass is 35.5. The molecule has 5 nitrogen and oxygen atoms in total. The van der Waals surface area contributed by atoms with Gasteiger partial charge in [-0.15, -0.1) is 6.58 Å². The van der Waals surface area contributed by atoms with Gasteiger partial charge < -0.3 is 0 Å². The molecule has 0 spiro atoms. The van der Waals surface area contributed by atoms with E-state index >= 15 is 0 Å². The Bertz CT molecular complexity index is 835. The second-order valence-corrected chi connectivity index (χ2v) is 6.23. The van der Waals surface area contributed by atoms with Crippen LogP contribution < -0.4 is 0 Å². The maximum Gasteiger partial charge on any atom is 0.267 e. The van der Waals surface area contributed by atoms with E-state index in [2.05, 4.69) is 21.5 Å². The standard InChI is InChI=1S/C17H13ClN4OS/c1-2-9-22-16(23)15(10-12-3-6-19-7-4-12)24-17(22)21-14-5-8-20-11-13(14)18/h2-8,10-11H,1,9H2/b15-10-,21-17?. The summed E-state index contributed by atoms with van der Waals surface area (Å²) < 4.78 is 0. The van der Waals surface area contributed by atoms with Gasteiger partial charge in [-0.2, -0.15) is 0 Å². The van der Waals surface area contributed by atoms with E-state index in [9.17, 15) is 4.79 Å². The molecule has 1 aliphatic rings. The van der Waals surface area contributed by atoms with E-state index < -0.39 is 0 Å². The molecule has 7 heteroatoms. The van der Waals surface area contributed by atoms with E-state index in [4.69, 9.17) is 11.6 Å². The first-order valence-electron chi connectivity index (χ1n) is 7.09. The number of carbonyl (C=O) groups is 1. The van der Waals surface area contributed by atoms with Crippen molar-refractivity contribution in [1.82, 2.24) is 14.9 Å². The Labute approximate surface area is 148 Å². The molecule has 0 atom stereocenters. The Morgan fingerprint density at radius 1 is 1.25 bits per heavy atom. The fourth-order valence-corrected chi connectivity index (χ4v) is 3.22. The van der Waals surface area contributed by atoms with E-state index in [0.29, 0.717) is 27.3 Å². The molecule has 120 valence electrons. The number of aromatic nitrogens is 2. The second kappa shape index (κ2) is 7.42. The minimum absolute atomic E-state index is 0.111. The van der Waals surface area contributed by atoms with Gasteiger partial charge >= 0.3 is 0 Å². The molecule has 0 bridgehead atoms. The van der Waals surface area contributed by atoms with Crippen molar-refractivity contribution >= 4 is 46.2 Å². The third-order valence-corrected chi connectivity index (χ3v) is 4.47. The monoisotopic (exact) mass is 356 g/mol. The van der Waals surface area contributed by atoms with Crippen molar-refractivity contribution in [3.63, 3.8) is 0 Å². The van der Waals surface area contributed by atoms with Gasteiger partial charge in [-0.25, -0.2) is 4.99 Å². The molecule has 0 radical (unpaired) electrons.